The summed E-state index contributed by atoms with van der Waals surface area (Å²) in [5.74, 6) is 0.108. The first kappa shape index (κ1) is 10.9. The highest BCUT2D eigenvalue weighted by Gasteiger charge is 2.03. The van der Waals surface area contributed by atoms with Gasteiger partial charge in [0.2, 0.25) is 0 Å². The molecule has 0 aliphatic heterocycles. The molecule has 2 aromatic rings. The van der Waals surface area contributed by atoms with Crippen molar-refractivity contribution < 1.29 is 4.79 Å². The van der Waals surface area contributed by atoms with Gasteiger partial charge in [-0.2, -0.15) is 0 Å². The Bertz CT molecular complexity index is 519. The maximum absolute atomic E-state index is 10.9. The molecule has 0 amide bonds. The molecule has 1 heterocycles. The van der Waals surface area contributed by atoms with Gasteiger partial charge >= 0.3 is 0 Å². The van der Waals surface area contributed by atoms with Crippen LogP contribution in [0.5, 0.6) is 0 Å². The average Bonchev–Trinajstić information content (AvgIpc) is 2.65. The van der Waals surface area contributed by atoms with E-state index in [1.807, 2.05) is 35.0 Å². The largest absolute Gasteiger partial charge is 0.306 e. The summed E-state index contributed by atoms with van der Waals surface area (Å²) in [5, 5.41) is 0.680. The number of benzene rings is 1. The second-order valence-electron chi connectivity index (χ2n) is 3.63. The van der Waals surface area contributed by atoms with Crippen molar-refractivity contribution in [3.05, 3.63) is 47.5 Å². The van der Waals surface area contributed by atoms with E-state index in [2.05, 4.69) is 4.98 Å². The molecule has 0 radical (unpaired) electrons. The number of carbonyl (C=O) groups excluding carboxylic acids is 1. The summed E-state index contributed by atoms with van der Waals surface area (Å²) in [5.41, 5.74) is 1.71. The zero-order valence-corrected chi connectivity index (χ0v) is 9.61. The summed E-state index contributed by atoms with van der Waals surface area (Å²) in [7, 11) is 0. The molecule has 16 heavy (non-hydrogen) atoms. The number of ketones is 1. The minimum Gasteiger partial charge on any atom is -0.306 e. The molecule has 2 rings (SSSR count). The van der Waals surface area contributed by atoms with E-state index in [9.17, 15) is 4.79 Å². The zero-order chi connectivity index (χ0) is 11.5. The fraction of sp³-hybridized carbons (Fsp3) is 0.167. The Morgan fingerprint density at radius 3 is 3.00 bits per heavy atom. The van der Waals surface area contributed by atoms with Crippen LogP contribution in [0.25, 0.3) is 5.69 Å². The van der Waals surface area contributed by atoms with Gasteiger partial charge in [-0.05, 0) is 25.1 Å². The second kappa shape index (κ2) is 4.49. The standard InChI is InChI=1S/C12H11ClN2O/c1-9(16)5-11-7-15(8-14-11)12-4-2-3-10(13)6-12/h2-4,6-8H,5H2,1H3. The molecule has 0 aliphatic carbocycles. The lowest BCUT2D eigenvalue weighted by atomic mass is 10.2. The number of carbonyl (C=O) groups is 1. The van der Waals surface area contributed by atoms with Gasteiger partial charge in [0.05, 0.1) is 12.0 Å². The first-order valence-corrected chi connectivity index (χ1v) is 5.31. The fourth-order valence-corrected chi connectivity index (χ4v) is 1.67. The number of Topliss-reactive ketones (excluding diaryl/α,β-unsaturated/α-hetero) is 1. The van der Waals surface area contributed by atoms with Gasteiger partial charge < -0.3 is 4.57 Å². The number of halogens is 1. The van der Waals surface area contributed by atoms with E-state index < -0.39 is 0 Å². The molecular formula is C12H11ClN2O. The number of hydrogen-bond acceptors (Lipinski definition) is 2. The van der Waals surface area contributed by atoms with Gasteiger partial charge in [0.15, 0.2) is 0 Å². The van der Waals surface area contributed by atoms with Crippen LogP contribution in [-0.4, -0.2) is 15.3 Å². The Kier molecular flexibility index (Phi) is 3.06. The summed E-state index contributed by atoms with van der Waals surface area (Å²) in [6, 6.07) is 7.48. The highest BCUT2D eigenvalue weighted by Crippen LogP contribution is 2.15. The van der Waals surface area contributed by atoms with Gasteiger partial charge in [0, 0.05) is 23.3 Å². The van der Waals surface area contributed by atoms with E-state index in [1.54, 1.807) is 13.3 Å². The van der Waals surface area contributed by atoms with Gasteiger partial charge in [-0.15, -0.1) is 0 Å². The van der Waals surface area contributed by atoms with E-state index in [0.29, 0.717) is 11.4 Å². The predicted octanol–water partition coefficient (Wildman–Crippen LogP) is 2.66. The third kappa shape index (κ3) is 2.49. The van der Waals surface area contributed by atoms with Crippen LogP contribution in [0.4, 0.5) is 0 Å². The van der Waals surface area contributed by atoms with Gasteiger partial charge in [-0.3, -0.25) is 4.79 Å². The quantitative estimate of drug-likeness (QED) is 0.819. The molecule has 0 spiro atoms. The van der Waals surface area contributed by atoms with E-state index in [4.69, 9.17) is 11.6 Å². The number of rotatable bonds is 3. The van der Waals surface area contributed by atoms with Crippen LogP contribution in [0.3, 0.4) is 0 Å². The van der Waals surface area contributed by atoms with E-state index in [0.717, 1.165) is 11.4 Å². The number of nitrogens with zero attached hydrogens (tertiary/aromatic N) is 2. The van der Waals surface area contributed by atoms with Crippen LogP contribution < -0.4 is 0 Å². The Labute approximate surface area is 98.7 Å². The molecule has 0 N–H and O–H groups in total. The maximum atomic E-state index is 10.9. The molecule has 0 aliphatic rings. The topological polar surface area (TPSA) is 34.9 Å². The molecule has 82 valence electrons. The lowest BCUT2D eigenvalue weighted by Gasteiger charge is -2.01. The van der Waals surface area contributed by atoms with Crippen LogP contribution in [-0.2, 0) is 11.2 Å². The van der Waals surface area contributed by atoms with Crippen molar-refractivity contribution >= 4 is 17.4 Å². The maximum Gasteiger partial charge on any atom is 0.135 e. The Balaban J connectivity index is 2.28. The van der Waals surface area contributed by atoms with Crippen molar-refractivity contribution in [1.82, 2.24) is 9.55 Å². The third-order valence-corrected chi connectivity index (χ3v) is 2.41. The van der Waals surface area contributed by atoms with Gasteiger partial charge in [0.25, 0.3) is 0 Å². The van der Waals surface area contributed by atoms with Crippen LogP contribution in [0.15, 0.2) is 36.8 Å². The summed E-state index contributed by atoms with van der Waals surface area (Å²) < 4.78 is 1.85. The smallest absolute Gasteiger partial charge is 0.135 e. The highest BCUT2D eigenvalue weighted by molar-refractivity contribution is 6.30. The van der Waals surface area contributed by atoms with Crippen molar-refractivity contribution in [3.8, 4) is 5.69 Å². The summed E-state index contributed by atoms with van der Waals surface area (Å²) in [4.78, 5) is 15.1. The molecular weight excluding hydrogens is 224 g/mol. The van der Waals surface area contributed by atoms with Crippen LogP contribution >= 0.6 is 11.6 Å². The molecule has 0 fully saturated rings. The molecule has 0 saturated heterocycles. The number of imidazole rings is 1. The lowest BCUT2D eigenvalue weighted by Crippen LogP contribution is -1.96. The first-order valence-electron chi connectivity index (χ1n) is 4.93. The SMILES string of the molecule is CC(=O)Cc1cn(-c2cccc(Cl)c2)cn1. The van der Waals surface area contributed by atoms with E-state index in [-0.39, 0.29) is 5.78 Å². The zero-order valence-electron chi connectivity index (χ0n) is 8.85. The molecule has 0 atom stereocenters. The predicted molar refractivity (Wildman–Crippen MR) is 63.0 cm³/mol. The van der Waals surface area contributed by atoms with E-state index in [1.165, 1.54) is 0 Å². The Morgan fingerprint density at radius 2 is 2.31 bits per heavy atom. The number of hydrogen-bond donors (Lipinski definition) is 0. The highest BCUT2D eigenvalue weighted by atomic mass is 35.5. The van der Waals surface area contributed by atoms with Crippen molar-refractivity contribution in [3.63, 3.8) is 0 Å². The normalized spacial score (nSPS) is 10.4. The average molecular weight is 235 g/mol. The van der Waals surface area contributed by atoms with Crippen molar-refractivity contribution in [2.45, 2.75) is 13.3 Å². The van der Waals surface area contributed by atoms with Gasteiger partial charge in [-0.25, -0.2) is 4.98 Å². The summed E-state index contributed by atoms with van der Waals surface area (Å²) >= 11 is 5.90. The molecule has 3 nitrogen and oxygen atoms in total. The molecule has 0 unspecified atom stereocenters. The van der Waals surface area contributed by atoms with Crippen molar-refractivity contribution in [2.75, 3.05) is 0 Å². The van der Waals surface area contributed by atoms with E-state index >= 15 is 0 Å². The minimum absolute atomic E-state index is 0.108. The molecule has 1 aromatic heterocycles. The minimum atomic E-state index is 0.108. The second-order valence-corrected chi connectivity index (χ2v) is 4.07. The fourth-order valence-electron chi connectivity index (χ4n) is 1.49. The van der Waals surface area contributed by atoms with Crippen molar-refractivity contribution in [1.29, 1.82) is 0 Å². The molecule has 1 aromatic carbocycles. The molecule has 4 heteroatoms. The third-order valence-electron chi connectivity index (χ3n) is 2.17. The van der Waals surface area contributed by atoms with Gasteiger partial charge in [-0.1, -0.05) is 17.7 Å². The first-order chi connectivity index (χ1) is 7.65. The van der Waals surface area contributed by atoms with Crippen molar-refractivity contribution in [2.24, 2.45) is 0 Å². The van der Waals surface area contributed by atoms with Gasteiger partial charge in [0.1, 0.15) is 5.78 Å². The summed E-state index contributed by atoms with van der Waals surface area (Å²) in [6.45, 7) is 1.55. The Hall–Kier alpha value is -1.61. The summed E-state index contributed by atoms with van der Waals surface area (Å²) in [6.07, 6.45) is 3.89. The lowest BCUT2D eigenvalue weighted by molar-refractivity contribution is -0.116. The van der Waals surface area contributed by atoms with Crippen LogP contribution in [0.2, 0.25) is 5.02 Å². The monoisotopic (exact) mass is 234 g/mol. The molecule has 0 bridgehead atoms. The van der Waals surface area contributed by atoms with Crippen LogP contribution in [0, 0.1) is 0 Å². The Morgan fingerprint density at radius 1 is 1.50 bits per heavy atom. The number of aromatic nitrogens is 2. The van der Waals surface area contributed by atoms with Crippen LogP contribution in [0.1, 0.15) is 12.6 Å². The molecule has 0 saturated carbocycles.